The lowest BCUT2D eigenvalue weighted by molar-refractivity contribution is -0.137. The van der Waals surface area contributed by atoms with Gasteiger partial charge in [-0.15, -0.1) is 0 Å². The second-order valence-corrected chi connectivity index (χ2v) is 6.73. The summed E-state index contributed by atoms with van der Waals surface area (Å²) < 4.78 is 50.1. The van der Waals surface area contributed by atoms with Crippen molar-refractivity contribution in [2.75, 3.05) is 43.6 Å². The van der Waals surface area contributed by atoms with Gasteiger partial charge in [-0.3, -0.25) is 4.79 Å². The Balaban J connectivity index is 1.91. The van der Waals surface area contributed by atoms with Gasteiger partial charge >= 0.3 is 6.18 Å². The minimum Gasteiger partial charge on any atom is -0.497 e. The van der Waals surface area contributed by atoms with Crippen LogP contribution in [0, 0.1) is 11.3 Å². The van der Waals surface area contributed by atoms with Gasteiger partial charge in [-0.05, 0) is 42.0 Å². The summed E-state index contributed by atoms with van der Waals surface area (Å²) in [6, 6.07) is 11.7. The van der Waals surface area contributed by atoms with Gasteiger partial charge in [0.25, 0.3) is 5.91 Å². The third-order valence-corrected chi connectivity index (χ3v) is 4.69. The first kappa shape index (κ1) is 22.2. The van der Waals surface area contributed by atoms with Crippen molar-refractivity contribution in [2.24, 2.45) is 0 Å². The van der Waals surface area contributed by atoms with Crippen LogP contribution in [0.4, 0.5) is 24.5 Å². The van der Waals surface area contributed by atoms with Gasteiger partial charge in [0.15, 0.2) is 0 Å². The van der Waals surface area contributed by atoms with E-state index in [0.29, 0.717) is 37.6 Å². The van der Waals surface area contributed by atoms with Crippen molar-refractivity contribution in [3.63, 3.8) is 0 Å². The first-order chi connectivity index (χ1) is 14.8. The molecular weight excluding hydrogens is 411 g/mol. The molecule has 1 aliphatic rings. The summed E-state index contributed by atoms with van der Waals surface area (Å²) in [5, 5.41) is 12.0. The quantitative estimate of drug-likeness (QED) is 0.570. The maximum Gasteiger partial charge on any atom is 0.416 e. The lowest BCUT2D eigenvalue weighted by Gasteiger charge is -2.31. The SMILES string of the molecule is COc1cccc(/C=C(\C#N)C(=O)Nc2ccc(C(F)(F)F)cc2N2CCOCC2)c1. The van der Waals surface area contributed by atoms with Crippen molar-refractivity contribution >= 4 is 23.4 Å². The van der Waals surface area contributed by atoms with E-state index in [-0.39, 0.29) is 16.9 Å². The van der Waals surface area contributed by atoms with Gasteiger partial charge in [0.1, 0.15) is 17.4 Å². The summed E-state index contributed by atoms with van der Waals surface area (Å²) in [6.45, 7) is 1.50. The molecule has 162 valence electrons. The number of ether oxygens (including phenoxy) is 2. The number of nitrogens with zero attached hydrogens (tertiary/aromatic N) is 2. The molecule has 1 N–H and O–H groups in total. The van der Waals surface area contributed by atoms with Gasteiger partial charge in [0, 0.05) is 13.1 Å². The number of nitrogens with one attached hydrogen (secondary N) is 1. The number of carbonyl (C=O) groups excluding carboxylic acids is 1. The predicted octanol–water partition coefficient (Wildman–Crippen LogP) is 4.10. The summed E-state index contributed by atoms with van der Waals surface area (Å²) in [5.41, 5.74) is -0.0239. The van der Waals surface area contributed by atoms with Crippen LogP contribution in [-0.4, -0.2) is 39.3 Å². The summed E-state index contributed by atoms with van der Waals surface area (Å²) in [4.78, 5) is 14.4. The Labute approximate surface area is 177 Å². The Morgan fingerprint density at radius 2 is 1.97 bits per heavy atom. The van der Waals surface area contributed by atoms with E-state index in [1.165, 1.54) is 19.3 Å². The Hall–Kier alpha value is -3.51. The van der Waals surface area contributed by atoms with Gasteiger partial charge in [-0.1, -0.05) is 12.1 Å². The van der Waals surface area contributed by atoms with E-state index in [1.54, 1.807) is 29.2 Å². The smallest absolute Gasteiger partial charge is 0.416 e. The third kappa shape index (κ3) is 5.55. The normalized spacial score (nSPS) is 14.7. The molecule has 1 heterocycles. The molecule has 0 unspecified atom stereocenters. The molecule has 1 fully saturated rings. The van der Waals surface area contributed by atoms with Crippen LogP contribution in [-0.2, 0) is 15.7 Å². The Morgan fingerprint density at radius 3 is 2.61 bits per heavy atom. The van der Waals surface area contributed by atoms with Crippen LogP contribution in [0.15, 0.2) is 48.0 Å². The number of carbonyl (C=O) groups is 1. The second-order valence-electron chi connectivity index (χ2n) is 6.73. The number of methoxy groups -OCH3 is 1. The molecule has 0 bridgehead atoms. The predicted molar refractivity (Wildman–Crippen MR) is 110 cm³/mol. The molecule has 2 aromatic rings. The van der Waals surface area contributed by atoms with E-state index in [1.807, 2.05) is 6.07 Å². The van der Waals surface area contributed by atoms with Gasteiger partial charge in [0.05, 0.1) is 37.3 Å². The lowest BCUT2D eigenvalue weighted by Crippen LogP contribution is -2.37. The minimum atomic E-state index is -4.52. The van der Waals surface area contributed by atoms with Crippen molar-refractivity contribution in [3.8, 4) is 11.8 Å². The highest BCUT2D eigenvalue weighted by Crippen LogP contribution is 2.36. The van der Waals surface area contributed by atoms with Crippen molar-refractivity contribution < 1.29 is 27.4 Å². The molecule has 1 amide bonds. The molecule has 0 spiro atoms. The van der Waals surface area contributed by atoms with E-state index >= 15 is 0 Å². The lowest BCUT2D eigenvalue weighted by atomic mass is 10.1. The topological polar surface area (TPSA) is 74.6 Å². The Morgan fingerprint density at radius 1 is 1.23 bits per heavy atom. The van der Waals surface area contributed by atoms with Crippen molar-refractivity contribution in [2.45, 2.75) is 6.18 Å². The Bertz CT molecular complexity index is 1020. The van der Waals surface area contributed by atoms with Crippen LogP contribution < -0.4 is 15.0 Å². The maximum absolute atomic E-state index is 13.2. The van der Waals surface area contributed by atoms with Crippen molar-refractivity contribution in [1.29, 1.82) is 5.26 Å². The van der Waals surface area contributed by atoms with E-state index in [0.717, 1.165) is 12.1 Å². The average Bonchev–Trinajstić information content (AvgIpc) is 2.77. The average molecular weight is 431 g/mol. The minimum absolute atomic E-state index is 0.187. The van der Waals surface area contributed by atoms with Crippen LogP contribution in [0.5, 0.6) is 5.75 Å². The van der Waals surface area contributed by atoms with Gasteiger partial charge in [-0.2, -0.15) is 18.4 Å². The van der Waals surface area contributed by atoms with Crippen LogP contribution in [0.3, 0.4) is 0 Å². The number of benzene rings is 2. The molecule has 31 heavy (non-hydrogen) atoms. The number of anilines is 2. The molecule has 2 aromatic carbocycles. The highest BCUT2D eigenvalue weighted by molar-refractivity contribution is 6.11. The van der Waals surface area contributed by atoms with Crippen LogP contribution in [0.25, 0.3) is 6.08 Å². The fourth-order valence-electron chi connectivity index (χ4n) is 3.12. The Kier molecular flexibility index (Phi) is 6.82. The molecule has 1 saturated heterocycles. The summed E-state index contributed by atoms with van der Waals surface area (Å²) in [6.07, 6.45) is -3.13. The number of rotatable bonds is 5. The maximum atomic E-state index is 13.2. The summed E-state index contributed by atoms with van der Waals surface area (Å²) in [7, 11) is 1.50. The molecular formula is C22H20F3N3O3. The van der Waals surface area contributed by atoms with E-state index in [2.05, 4.69) is 5.32 Å². The molecule has 0 saturated carbocycles. The van der Waals surface area contributed by atoms with Crippen molar-refractivity contribution in [1.82, 2.24) is 0 Å². The molecule has 6 nitrogen and oxygen atoms in total. The zero-order valence-electron chi connectivity index (χ0n) is 16.7. The molecule has 1 aliphatic heterocycles. The molecule has 3 rings (SSSR count). The third-order valence-electron chi connectivity index (χ3n) is 4.69. The van der Waals surface area contributed by atoms with Crippen LogP contribution >= 0.6 is 0 Å². The number of nitriles is 1. The van der Waals surface area contributed by atoms with E-state index < -0.39 is 17.6 Å². The molecule has 0 aliphatic carbocycles. The summed E-state index contributed by atoms with van der Waals surface area (Å²) in [5.74, 6) is -0.164. The zero-order chi connectivity index (χ0) is 22.4. The second kappa shape index (κ2) is 9.53. The first-order valence-electron chi connectivity index (χ1n) is 9.43. The van der Waals surface area contributed by atoms with Crippen LogP contribution in [0.2, 0.25) is 0 Å². The number of hydrogen-bond donors (Lipinski definition) is 1. The van der Waals surface area contributed by atoms with Crippen LogP contribution in [0.1, 0.15) is 11.1 Å². The number of alkyl halides is 3. The highest BCUT2D eigenvalue weighted by Gasteiger charge is 2.32. The number of morpholine rings is 1. The monoisotopic (exact) mass is 431 g/mol. The molecule has 0 aromatic heterocycles. The van der Waals surface area contributed by atoms with Crippen molar-refractivity contribution in [3.05, 3.63) is 59.2 Å². The number of halogens is 3. The largest absolute Gasteiger partial charge is 0.497 e. The highest BCUT2D eigenvalue weighted by atomic mass is 19.4. The van der Waals surface area contributed by atoms with Gasteiger partial charge in [-0.25, -0.2) is 0 Å². The van der Waals surface area contributed by atoms with E-state index in [9.17, 15) is 23.2 Å². The van der Waals surface area contributed by atoms with Gasteiger partial charge in [0.2, 0.25) is 0 Å². The number of amides is 1. The standard InChI is InChI=1S/C22H20F3N3O3/c1-30-18-4-2-3-15(12-18)11-16(14-26)21(29)27-19-6-5-17(22(23,24)25)13-20(19)28-7-9-31-10-8-28/h2-6,11-13H,7-10H2,1H3,(H,27,29)/b16-11+. The van der Waals surface area contributed by atoms with Gasteiger partial charge < -0.3 is 19.7 Å². The fourth-order valence-corrected chi connectivity index (χ4v) is 3.12. The zero-order valence-corrected chi connectivity index (χ0v) is 16.7. The first-order valence-corrected chi connectivity index (χ1v) is 9.43. The fraction of sp³-hybridized carbons (Fsp3) is 0.273. The number of hydrogen-bond acceptors (Lipinski definition) is 5. The summed E-state index contributed by atoms with van der Waals surface area (Å²) >= 11 is 0. The molecule has 0 radical (unpaired) electrons. The molecule has 9 heteroatoms. The van der Waals surface area contributed by atoms with E-state index in [4.69, 9.17) is 9.47 Å². The molecule has 0 atom stereocenters.